The number of rotatable bonds is 5. The molecule has 0 bridgehead atoms. The lowest BCUT2D eigenvalue weighted by Gasteiger charge is -2.15. The molecule has 2 aliphatic rings. The summed E-state index contributed by atoms with van der Waals surface area (Å²) in [6.45, 7) is 0. The number of fused-ring (bicyclic) bond motifs is 1. The first-order valence-electron chi connectivity index (χ1n) is 10.1. The predicted molar refractivity (Wildman–Crippen MR) is 122 cm³/mol. The van der Waals surface area contributed by atoms with Crippen LogP contribution in [0.5, 0.6) is 0 Å². The second kappa shape index (κ2) is 7.95. The monoisotopic (exact) mass is 415 g/mol. The molecule has 5 nitrogen and oxygen atoms in total. The van der Waals surface area contributed by atoms with Gasteiger partial charge in [0.2, 0.25) is 11.8 Å². The van der Waals surface area contributed by atoms with E-state index in [0.29, 0.717) is 5.17 Å². The summed E-state index contributed by atoms with van der Waals surface area (Å²) in [6, 6.07) is 23.7. The molecule has 1 atom stereocenters. The molecule has 3 aromatic rings. The molecule has 2 fully saturated rings. The van der Waals surface area contributed by atoms with Crippen molar-refractivity contribution in [2.75, 3.05) is 5.32 Å². The van der Waals surface area contributed by atoms with E-state index in [-0.39, 0.29) is 24.3 Å². The minimum atomic E-state index is -0.437. The Labute approximate surface area is 179 Å². The Bertz CT molecular complexity index is 1140. The number of amidine groups is 1. The molecular weight excluding hydrogens is 394 g/mol. The van der Waals surface area contributed by atoms with Gasteiger partial charge in [-0.2, -0.15) is 0 Å². The molecule has 30 heavy (non-hydrogen) atoms. The molecular formula is C24H21N3O2S. The Morgan fingerprint density at radius 1 is 1.00 bits per heavy atom. The number of aliphatic imine (C=N–C) groups is 1. The van der Waals surface area contributed by atoms with Crippen LogP contribution in [0, 0.1) is 0 Å². The van der Waals surface area contributed by atoms with Gasteiger partial charge in [0.25, 0.3) is 0 Å². The number of hydrogen-bond acceptors (Lipinski definition) is 4. The summed E-state index contributed by atoms with van der Waals surface area (Å²) < 4.78 is 0. The molecule has 0 aromatic heterocycles. The molecule has 5 rings (SSSR count). The average molecular weight is 416 g/mol. The first-order valence-corrected chi connectivity index (χ1v) is 11.0. The van der Waals surface area contributed by atoms with Crippen molar-refractivity contribution in [3.63, 3.8) is 0 Å². The summed E-state index contributed by atoms with van der Waals surface area (Å²) in [6.07, 6.45) is 2.12. The van der Waals surface area contributed by atoms with E-state index in [2.05, 4.69) is 10.3 Å². The van der Waals surface area contributed by atoms with Crippen LogP contribution in [0.3, 0.4) is 0 Å². The zero-order chi connectivity index (χ0) is 20.5. The van der Waals surface area contributed by atoms with Gasteiger partial charge < -0.3 is 5.32 Å². The number of nitrogens with zero attached hydrogens (tertiary/aromatic N) is 2. The van der Waals surface area contributed by atoms with E-state index >= 15 is 0 Å². The van der Waals surface area contributed by atoms with Gasteiger partial charge in [0.1, 0.15) is 5.25 Å². The summed E-state index contributed by atoms with van der Waals surface area (Å²) in [4.78, 5) is 32.1. The molecule has 6 heteroatoms. The summed E-state index contributed by atoms with van der Waals surface area (Å²) in [5, 5.41) is 5.40. The van der Waals surface area contributed by atoms with Crippen LogP contribution in [-0.2, 0) is 9.59 Å². The number of carbonyl (C=O) groups is 2. The van der Waals surface area contributed by atoms with Gasteiger partial charge in [0.05, 0.1) is 5.69 Å². The average Bonchev–Trinajstić information content (AvgIpc) is 3.54. The largest absolute Gasteiger partial charge is 0.326 e. The molecule has 1 aliphatic heterocycles. The first-order chi connectivity index (χ1) is 14.7. The maximum absolute atomic E-state index is 13.0. The van der Waals surface area contributed by atoms with Crippen LogP contribution in [0.4, 0.5) is 11.4 Å². The number of amides is 2. The molecule has 1 N–H and O–H groups in total. The van der Waals surface area contributed by atoms with Crippen molar-refractivity contribution < 1.29 is 9.59 Å². The van der Waals surface area contributed by atoms with Crippen LogP contribution in [0.15, 0.2) is 77.8 Å². The van der Waals surface area contributed by atoms with Crippen LogP contribution >= 0.6 is 11.8 Å². The number of benzene rings is 3. The van der Waals surface area contributed by atoms with Gasteiger partial charge in [-0.15, -0.1) is 0 Å². The highest BCUT2D eigenvalue weighted by Gasteiger charge is 2.46. The highest BCUT2D eigenvalue weighted by Crippen LogP contribution is 2.39. The summed E-state index contributed by atoms with van der Waals surface area (Å²) >= 11 is 1.40. The molecule has 1 aliphatic carbocycles. The fraction of sp³-hybridized carbons (Fsp3) is 0.208. The van der Waals surface area contributed by atoms with Crippen LogP contribution in [0.25, 0.3) is 10.8 Å². The fourth-order valence-corrected chi connectivity index (χ4v) is 4.84. The smallest absolute Gasteiger partial charge is 0.242 e. The molecule has 1 heterocycles. The molecule has 2 amide bonds. The Balaban J connectivity index is 1.30. The van der Waals surface area contributed by atoms with Crippen LogP contribution in [-0.4, -0.2) is 33.2 Å². The molecule has 0 unspecified atom stereocenters. The van der Waals surface area contributed by atoms with E-state index in [4.69, 9.17) is 0 Å². The summed E-state index contributed by atoms with van der Waals surface area (Å²) in [5.41, 5.74) is 1.56. The molecule has 1 saturated carbocycles. The Kier molecular flexibility index (Phi) is 5.01. The Morgan fingerprint density at radius 2 is 1.73 bits per heavy atom. The second-order valence-corrected chi connectivity index (χ2v) is 8.76. The van der Waals surface area contributed by atoms with E-state index in [0.717, 1.165) is 35.0 Å². The third-order valence-corrected chi connectivity index (χ3v) is 6.42. The molecule has 0 radical (unpaired) electrons. The standard InChI is InChI=1S/C24H21N3O2S/c28-22(25-19-11-10-16-6-4-5-7-17(16)14-19)15-21-23(29)27(20-12-13-20)24(30-21)26-18-8-2-1-3-9-18/h1-11,14,20-21H,12-13,15H2,(H,25,28)/t21-/m0/s1. The summed E-state index contributed by atoms with van der Waals surface area (Å²) in [7, 11) is 0. The van der Waals surface area contributed by atoms with Crippen molar-refractivity contribution >= 4 is 50.9 Å². The van der Waals surface area contributed by atoms with E-state index < -0.39 is 5.25 Å². The third kappa shape index (κ3) is 3.96. The van der Waals surface area contributed by atoms with Crippen molar-refractivity contribution in [2.24, 2.45) is 4.99 Å². The maximum Gasteiger partial charge on any atom is 0.242 e. The van der Waals surface area contributed by atoms with Crippen molar-refractivity contribution in [1.82, 2.24) is 4.90 Å². The number of thioether (sulfide) groups is 1. The highest BCUT2D eigenvalue weighted by atomic mass is 32.2. The van der Waals surface area contributed by atoms with Gasteiger partial charge in [-0.1, -0.05) is 60.3 Å². The minimum Gasteiger partial charge on any atom is -0.326 e. The van der Waals surface area contributed by atoms with Gasteiger partial charge in [-0.05, 0) is 47.9 Å². The SMILES string of the molecule is O=C(C[C@@H]1SC(=Nc2ccccc2)N(C2CC2)C1=O)Nc1ccc2ccccc2c1. The second-order valence-electron chi connectivity index (χ2n) is 7.59. The van der Waals surface area contributed by atoms with E-state index in [1.165, 1.54) is 11.8 Å². The zero-order valence-electron chi connectivity index (χ0n) is 16.3. The van der Waals surface area contributed by atoms with E-state index in [1.807, 2.05) is 72.8 Å². The zero-order valence-corrected chi connectivity index (χ0v) is 17.1. The normalized spacial score (nSPS) is 20.1. The van der Waals surface area contributed by atoms with Crippen molar-refractivity contribution in [2.45, 2.75) is 30.6 Å². The van der Waals surface area contributed by atoms with Crippen LogP contribution in [0.1, 0.15) is 19.3 Å². The number of anilines is 1. The van der Waals surface area contributed by atoms with Crippen molar-refractivity contribution in [3.8, 4) is 0 Å². The lowest BCUT2D eigenvalue weighted by atomic mass is 10.1. The quantitative estimate of drug-likeness (QED) is 0.640. The minimum absolute atomic E-state index is 0.00848. The van der Waals surface area contributed by atoms with E-state index in [1.54, 1.807) is 4.90 Å². The molecule has 0 spiro atoms. The van der Waals surface area contributed by atoms with Gasteiger partial charge >= 0.3 is 0 Å². The highest BCUT2D eigenvalue weighted by molar-refractivity contribution is 8.15. The number of para-hydroxylation sites is 1. The van der Waals surface area contributed by atoms with Crippen molar-refractivity contribution in [3.05, 3.63) is 72.8 Å². The lowest BCUT2D eigenvalue weighted by molar-refractivity contribution is -0.128. The number of nitrogens with one attached hydrogen (secondary N) is 1. The molecule has 150 valence electrons. The van der Waals surface area contributed by atoms with Gasteiger partial charge in [0.15, 0.2) is 5.17 Å². The Hall–Kier alpha value is -3.12. The fourth-order valence-electron chi connectivity index (χ4n) is 3.62. The van der Waals surface area contributed by atoms with Gasteiger partial charge in [0, 0.05) is 18.2 Å². The number of carbonyl (C=O) groups excluding carboxylic acids is 2. The molecule has 3 aromatic carbocycles. The van der Waals surface area contributed by atoms with Crippen LogP contribution < -0.4 is 5.32 Å². The first kappa shape index (κ1) is 18.9. The maximum atomic E-state index is 13.0. The topological polar surface area (TPSA) is 61.8 Å². The summed E-state index contributed by atoms with van der Waals surface area (Å²) in [5.74, 6) is -0.168. The van der Waals surface area contributed by atoms with Crippen molar-refractivity contribution in [1.29, 1.82) is 0 Å². The van der Waals surface area contributed by atoms with Gasteiger partial charge in [-0.3, -0.25) is 14.5 Å². The van der Waals surface area contributed by atoms with Crippen LogP contribution in [0.2, 0.25) is 0 Å². The Morgan fingerprint density at radius 3 is 2.50 bits per heavy atom. The molecule has 1 saturated heterocycles. The number of hydrogen-bond donors (Lipinski definition) is 1. The third-order valence-electron chi connectivity index (χ3n) is 5.26. The predicted octanol–water partition coefficient (Wildman–Crippen LogP) is 4.96. The van der Waals surface area contributed by atoms with Gasteiger partial charge in [-0.25, -0.2) is 4.99 Å². The van der Waals surface area contributed by atoms with E-state index in [9.17, 15) is 9.59 Å². The lowest BCUT2D eigenvalue weighted by Crippen LogP contribution is -2.35.